The van der Waals surface area contributed by atoms with Crippen molar-refractivity contribution in [1.29, 1.82) is 0 Å². The van der Waals surface area contributed by atoms with Gasteiger partial charge in [0.05, 0.1) is 12.1 Å². The van der Waals surface area contributed by atoms with Crippen LogP contribution in [0.3, 0.4) is 0 Å². The minimum atomic E-state index is -1.00. The molecule has 6 nitrogen and oxygen atoms in total. The SMILES string of the molecule is COc1ccc(NC(=O)OC2C=C(C)C(=O)O2)cc1Cl. The largest absolute Gasteiger partial charge is 0.495 e. The van der Waals surface area contributed by atoms with Gasteiger partial charge in [-0.25, -0.2) is 9.59 Å². The molecular formula is C13H12ClNO5. The third-order valence-electron chi connectivity index (χ3n) is 2.55. The Hall–Kier alpha value is -2.21. The van der Waals surface area contributed by atoms with Gasteiger partial charge in [-0.15, -0.1) is 0 Å². The molecule has 1 aromatic rings. The molecule has 20 heavy (non-hydrogen) atoms. The highest BCUT2D eigenvalue weighted by Crippen LogP contribution is 2.27. The molecule has 7 heteroatoms. The summed E-state index contributed by atoms with van der Waals surface area (Å²) in [6.07, 6.45) is -0.339. The van der Waals surface area contributed by atoms with E-state index in [9.17, 15) is 9.59 Å². The second-order valence-electron chi connectivity index (χ2n) is 4.00. The van der Waals surface area contributed by atoms with E-state index < -0.39 is 18.4 Å². The number of esters is 1. The number of benzene rings is 1. The van der Waals surface area contributed by atoms with E-state index in [1.807, 2.05) is 0 Å². The number of amides is 1. The number of ether oxygens (including phenoxy) is 3. The van der Waals surface area contributed by atoms with Crippen molar-refractivity contribution in [2.45, 2.75) is 13.2 Å². The van der Waals surface area contributed by atoms with Crippen LogP contribution in [-0.4, -0.2) is 25.5 Å². The maximum absolute atomic E-state index is 11.6. The quantitative estimate of drug-likeness (QED) is 0.868. The monoisotopic (exact) mass is 297 g/mol. The Morgan fingerprint density at radius 1 is 1.45 bits per heavy atom. The Kier molecular flexibility index (Phi) is 4.14. The number of rotatable bonds is 3. The minimum absolute atomic E-state index is 0.355. The van der Waals surface area contributed by atoms with Gasteiger partial charge in [-0.1, -0.05) is 11.6 Å². The first-order valence-corrected chi connectivity index (χ1v) is 6.08. The first-order valence-electron chi connectivity index (χ1n) is 5.70. The number of halogens is 1. The van der Waals surface area contributed by atoms with E-state index >= 15 is 0 Å². The Balaban J connectivity index is 1.95. The molecule has 0 radical (unpaired) electrons. The lowest BCUT2D eigenvalue weighted by Crippen LogP contribution is -2.22. The molecule has 2 rings (SSSR count). The zero-order valence-electron chi connectivity index (χ0n) is 10.8. The molecule has 1 N–H and O–H groups in total. The summed E-state index contributed by atoms with van der Waals surface area (Å²) in [6, 6.07) is 4.73. The first kappa shape index (κ1) is 14.2. The van der Waals surface area contributed by atoms with E-state index in [0.29, 0.717) is 22.0 Å². The molecule has 0 saturated heterocycles. The normalized spacial score (nSPS) is 17.2. The number of carbonyl (C=O) groups excluding carboxylic acids is 2. The fraction of sp³-hybridized carbons (Fsp3) is 0.231. The lowest BCUT2D eigenvalue weighted by Gasteiger charge is -2.11. The van der Waals surface area contributed by atoms with Crippen LogP contribution >= 0.6 is 11.6 Å². The maximum Gasteiger partial charge on any atom is 0.414 e. The highest BCUT2D eigenvalue weighted by Gasteiger charge is 2.25. The van der Waals surface area contributed by atoms with E-state index in [1.54, 1.807) is 19.1 Å². The Bertz CT molecular complexity index is 584. The molecule has 1 unspecified atom stereocenters. The van der Waals surface area contributed by atoms with Gasteiger partial charge in [-0.05, 0) is 25.1 Å². The number of anilines is 1. The summed E-state index contributed by atoms with van der Waals surface area (Å²) in [5.41, 5.74) is 0.834. The van der Waals surface area contributed by atoms with Gasteiger partial charge in [0.25, 0.3) is 6.29 Å². The van der Waals surface area contributed by atoms with Crippen molar-refractivity contribution >= 4 is 29.4 Å². The summed E-state index contributed by atoms with van der Waals surface area (Å²) in [5, 5.41) is 2.82. The number of nitrogens with one attached hydrogen (secondary N) is 1. The Morgan fingerprint density at radius 3 is 2.75 bits per heavy atom. The number of carbonyl (C=O) groups is 2. The average molecular weight is 298 g/mol. The van der Waals surface area contributed by atoms with Gasteiger partial charge in [0.15, 0.2) is 0 Å². The molecule has 0 aromatic heterocycles. The molecule has 0 fully saturated rings. The fourth-order valence-corrected chi connectivity index (χ4v) is 1.82. The van der Waals surface area contributed by atoms with Gasteiger partial charge >= 0.3 is 12.1 Å². The van der Waals surface area contributed by atoms with Gasteiger partial charge < -0.3 is 14.2 Å². The molecule has 0 bridgehead atoms. The van der Waals surface area contributed by atoms with Gasteiger partial charge in [0, 0.05) is 17.3 Å². The van der Waals surface area contributed by atoms with E-state index in [4.69, 9.17) is 25.8 Å². The van der Waals surface area contributed by atoms with E-state index in [-0.39, 0.29) is 0 Å². The van der Waals surface area contributed by atoms with Gasteiger partial charge in [-0.3, -0.25) is 5.32 Å². The van der Waals surface area contributed by atoms with Crippen LogP contribution < -0.4 is 10.1 Å². The Morgan fingerprint density at radius 2 is 2.20 bits per heavy atom. The molecule has 106 valence electrons. The van der Waals surface area contributed by atoms with Crippen molar-refractivity contribution in [2.75, 3.05) is 12.4 Å². The van der Waals surface area contributed by atoms with E-state index in [0.717, 1.165) is 0 Å². The number of hydrogen-bond donors (Lipinski definition) is 1. The van der Waals surface area contributed by atoms with Crippen molar-refractivity contribution in [1.82, 2.24) is 0 Å². The highest BCUT2D eigenvalue weighted by atomic mass is 35.5. The van der Waals surface area contributed by atoms with Gasteiger partial charge in [-0.2, -0.15) is 0 Å². The third kappa shape index (κ3) is 3.21. The van der Waals surface area contributed by atoms with E-state index in [1.165, 1.54) is 19.3 Å². The van der Waals surface area contributed by atoms with Crippen LogP contribution in [0.5, 0.6) is 5.75 Å². The molecular weight excluding hydrogens is 286 g/mol. The highest BCUT2D eigenvalue weighted by molar-refractivity contribution is 6.32. The van der Waals surface area contributed by atoms with E-state index in [2.05, 4.69) is 5.32 Å². The fourth-order valence-electron chi connectivity index (χ4n) is 1.56. The smallest absolute Gasteiger partial charge is 0.414 e. The zero-order valence-corrected chi connectivity index (χ0v) is 11.6. The van der Waals surface area contributed by atoms with Gasteiger partial charge in [0.2, 0.25) is 0 Å². The molecule has 0 saturated carbocycles. The van der Waals surface area contributed by atoms with Crippen molar-refractivity contribution in [2.24, 2.45) is 0 Å². The molecule has 1 aliphatic heterocycles. The lowest BCUT2D eigenvalue weighted by atomic mass is 10.3. The summed E-state index contributed by atoms with van der Waals surface area (Å²) in [5.74, 6) is -0.0100. The summed E-state index contributed by atoms with van der Waals surface area (Å²) >= 11 is 5.93. The van der Waals surface area contributed by atoms with Crippen LogP contribution in [0.25, 0.3) is 0 Å². The zero-order chi connectivity index (χ0) is 14.7. The minimum Gasteiger partial charge on any atom is -0.495 e. The second-order valence-corrected chi connectivity index (χ2v) is 4.41. The molecule has 1 atom stereocenters. The van der Waals surface area contributed by atoms with Crippen LogP contribution in [-0.2, 0) is 14.3 Å². The summed E-state index contributed by atoms with van der Waals surface area (Å²) in [4.78, 5) is 22.7. The third-order valence-corrected chi connectivity index (χ3v) is 2.85. The maximum atomic E-state index is 11.6. The van der Waals surface area contributed by atoms with Crippen molar-refractivity contribution in [3.63, 3.8) is 0 Å². The number of methoxy groups -OCH3 is 1. The Labute approximate surface area is 120 Å². The van der Waals surface area contributed by atoms with Crippen LogP contribution in [0, 0.1) is 0 Å². The molecule has 0 aliphatic carbocycles. The summed E-state index contributed by atoms with van der Waals surface area (Å²) in [6.45, 7) is 1.58. The predicted molar refractivity (Wildman–Crippen MR) is 71.7 cm³/mol. The van der Waals surface area contributed by atoms with Gasteiger partial charge in [0.1, 0.15) is 5.75 Å². The molecule has 1 aromatic carbocycles. The van der Waals surface area contributed by atoms with Crippen molar-refractivity contribution in [3.8, 4) is 5.75 Å². The number of hydrogen-bond acceptors (Lipinski definition) is 5. The summed E-state index contributed by atoms with van der Waals surface area (Å²) in [7, 11) is 1.49. The number of cyclic esters (lactones) is 1. The lowest BCUT2D eigenvalue weighted by molar-refractivity contribution is -0.150. The standard InChI is InChI=1S/C13H12ClNO5/c1-7-5-11(19-12(7)16)20-13(17)15-8-3-4-10(18-2)9(14)6-8/h3-6,11H,1-2H3,(H,15,17). The van der Waals surface area contributed by atoms with Crippen molar-refractivity contribution < 1.29 is 23.8 Å². The molecule has 1 heterocycles. The second kappa shape index (κ2) is 5.83. The van der Waals surface area contributed by atoms with Crippen LogP contribution in [0.1, 0.15) is 6.92 Å². The first-order chi connectivity index (χ1) is 9.49. The van der Waals surface area contributed by atoms with Crippen LogP contribution in [0.15, 0.2) is 29.8 Å². The van der Waals surface area contributed by atoms with Crippen LogP contribution in [0.4, 0.5) is 10.5 Å². The van der Waals surface area contributed by atoms with Crippen molar-refractivity contribution in [3.05, 3.63) is 34.9 Å². The average Bonchev–Trinajstić information content (AvgIpc) is 2.68. The molecule has 0 spiro atoms. The summed E-state index contributed by atoms with van der Waals surface area (Å²) < 4.78 is 14.7. The topological polar surface area (TPSA) is 73.9 Å². The predicted octanol–water partition coefficient (Wildman–Crippen LogP) is 2.73. The molecule has 1 amide bonds. The molecule has 1 aliphatic rings. The van der Waals surface area contributed by atoms with Crippen LogP contribution in [0.2, 0.25) is 5.02 Å².